The molecule has 0 aromatic carbocycles. The van der Waals surface area contributed by atoms with Gasteiger partial charge in [0.15, 0.2) is 0 Å². The SMILES string of the molecule is Cc1cc(C)c(CO)c(OC(C)CC(C)C)n1. The average Bonchev–Trinajstić information content (AvgIpc) is 2.15. The monoisotopic (exact) mass is 237 g/mol. The van der Waals surface area contributed by atoms with Gasteiger partial charge in [-0.2, -0.15) is 0 Å². The van der Waals surface area contributed by atoms with E-state index in [1.807, 2.05) is 26.8 Å². The molecule has 1 rings (SSSR count). The highest BCUT2D eigenvalue weighted by Gasteiger charge is 2.13. The summed E-state index contributed by atoms with van der Waals surface area (Å²) in [7, 11) is 0. The fraction of sp³-hybridized carbons (Fsp3) is 0.643. The molecule has 1 atom stereocenters. The van der Waals surface area contributed by atoms with E-state index in [1.54, 1.807) is 0 Å². The van der Waals surface area contributed by atoms with E-state index < -0.39 is 0 Å². The Labute approximate surface area is 104 Å². The van der Waals surface area contributed by atoms with Gasteiger partial charge in [-0.25, -0.2) is 4.98 Å². The average molecular weight is 237 g/mol. The van der Waals surface area contributed by atoms with E-state index in [2.05, 4.69) is 18.8 Å². The number of aromatic nitrogens is 1. The van der Waals surface area contributed by atoms with E-state index in [-0.39, 0.29) is 12.7 Å². The van der Waals surface area contributed by atoms with Crippen molar-refractivity contribution >= 4 is 0 Å². The first kappa shape index (κ1) is 14.0. The third kappa shape index (κ3) is 4.00. The Morgan fingerprint density at radius 1 is 1.29 bits per heavy atom. The van der Waals surface area contributed by atoms with Gasteiger partial charge in [0, 0.05) is 11.3 Å². The normalized spacial score (nSPS) is 12.9. The predicted octanol–water partition coefficient (Wildman–Crippen LogP) is 3.00. The van der Waals surface area contributed by atoms with E-state index >= 15 is 0 Å². The minimum absolute atomic E-state index is 0.0250. The van der Waals surface area contributed by atoms with E-state index in [0.29, 0.717) is 11.8 Å². The van der Waals surface area contributed by atoms with Crippen molar-refractivity contribution in [3.8, 4) is 5.88 Å². The van der Waals surface area contributed by atoms with Gasteiger partial charge in [-0.05, 0) is 44.7 Å². The van der Waals surface area contributed by atoms with E-state index in [1.165, 1.54) is 0 Å². The maximum absolute atomic E-state index is 9.36. The molecule has 1 N–H and O–H groups in total. The molecule has 3 heteroatoms. The van der Waals surface area contributed by atoms with Crippen molar-refractivity contribution in [2.24, 2.45) is 5.92 Å². The molecule has 1 heterocycles. The number of aliphatic hydroxyl groups excluding tert-OH is 1. The summed E-state index contributed by atoms with van der Waals surface area (Å²) in [5, 5.41) is 9.36. The van der Waals surface area contributed by atoms with Gasteiger partial charge in [-0.15, -0.1) is 0 Å². The molecule has 0 aliphatic rings. The third-order valence-electron chi connectivity index (χ3n) is 2.71. The van der Waals surface area contributed by atoms with Gasteiger partial charge >= 0.3 is 0 Å². The lowest BCUT2D eigenvalue weighted by Gasteiger charge is -2.19. The van der Waals surface area contributed by atoms with Crippen LogP contribution in [0.15, 0.2) is 6.07 Å². The molecule has 0 radical (unpaired) electrons. The van der Waals surface area contributed by atoms with Gasteiger partial charge in [0.2, 0.25) is 5.88 Å². The molecule has 0 amide bonds. The lowest BCUT2D eigenvalue weighted by molar-refractivity contribution is 0.177. The maximum Gasteiger partial charge on any atom is 0.219 e. The fourth-order valence-corrected chi connectivity index (χ4v) is 2.02. The van der Waals surface area contributed by atoms with Crippen molar-refractivity contribution in [1.82, 2.24) is 4.98 Å². The summed E-state index contributed by atoms with van der Waals surface area (Å²) < 4.78 is 5.84. The highest BCUT2D eigenvalue weighted by Crippen LogP contribution is 2.23. The summed E-state index contributed by atoms with van der Waals surface area (Å²) in [6, 6.07) is 1.96. The van der Waals surface area contributed by atoms with Crippen molar-refractivity contribution in [3.05, 3.63) is 22.9 Å². The second-order valence-corrected chi connectivity index (χ2v) is 5.08. The first-order chi connectivity index (χ1) is 7.93. The summed E-state index contributed by atoms with van der Waals surface area (Å²) in [6.07, 6.45) is 1.11. The van der Waals surface area contributed by atoms with Crippen LogP contribution in [0.25, 0.3) is 0 Å². The molecule has 1 aromatic rings. The molecule has 0 aliphatic carbocycles. The molecule has 0 aliphatic heterocycles. The van der Waals surface area contributed by atoms with Crippen LogP contribution in [-0.4, -0.2) is 16.2 Å². The molecule has 0 spiro atoms. The van der Waals surface area contributed by atoms with E-state index in [9.17, 15) is 5.11 Å². The summed E-state index contributed by atoms with van der Waals surface area (Å²) in [4.78, 5) is 4.37. The second kappa shape index (κ2) is 6.01. The van der Waals surface area contributed by atoms with Gasteiger partial charge in [-0.3, -0.25) is 0 Å². The number of pyridine rings is 1. The minimum atomic E-state index is -0.0250. The van der Waals surface area contributed by atoms with Crippen molar-refractivity contribution in [2.45, 2.75) is 53.8 Å². The number of nitrogens with zero attached hydrogens (tertiary/aromatic N) is 1. The largest absolute Gasteiger partial charge is 0.474 e. The summed E-state index contributed by atoms with van der Waals surface area (Å²) in [5.74, 6) is 1.17. The van der Waals surface area contributed by atoms with Crippen molar-refractivity contribution < 1.29 is 9.84 Å². The van der Waals surface area contributed by atoms with E-state index in [4.69, 9.17) is 4.74 Å². The van der Waals surface area contributed by atoms with Crippen LogP contribution >= 0.6 is 0 Å². The minimum Gasteiger partial charge on any atom is -0.474 e. The first-order valence-electron chi connectivity index (χ1n) is 6.18. The number of ether oxygens (including phenoxy) is 1. The molecule has 17 heavy (non-hydrogen) atoms. The standard InChI is InChI=1S/C14H23NO2/c1-9(2)6-12(5)17-14-13(8-16)10(3)7-11(4)15-14/h7,9,12,16H,6,8H2,1-5H3. The highest BCUT2D eigenvalue weighted by molar-refractivity contribution is 5.35. The zero-order valence-corrected chi connectivity index (χ0v) is 11.4. The lowest BCUT2D eigenvalue weighted by Crippen LogP contribution is -2.17. The topological polar surface area (TPSA) is 42.4 Å². The maximum atomic E-state index is 9.36. The molecular weight excluding hydrogens is 214 g/mol. The zero-order valence-electron chi connectivity index (χ0n) is 11.4. The number of hydrogen-bond acceptors (Lipinski definition) is 3. The Balaban J connectivity index is 2.89. The molecule has 0 fully saturated rings. The van der Waals surface area contributed by atoms with Gasteiger partial charge in [0.05, 0.1) is 12.7 Å². The molecular formula is C14H23NO2. The van der Waals surface area contributed by atoms with Crippen LogP contribution in [0.4, 0.5) is 0 Å². The molecule has 1 aromatic heterocycles. The number of hydrogen-bond donors (Lipinski definition) is 1. The molecule has 0 saturated heterocycles. The van der Waals surface area contributed by atoms with Gasteiger partial charge in [0.25, 0.3) is 0 Å². The van der Waals surface area contributed by atoms with Crippen LogP contribution in [0, 0.1) is 19.8 Å². The Kier molecular flexibility index (Phi) is 4.94. The van der Waals surface area contributed by atoms with Crippen molar-refractivity contribution in [2.75, 3.05) is 0 Å². The van der Waals surface area contributed by atoms with Crippen LogP contribution in [0.1, 0.15) is 44.0 Å². The second-order valence-electron chi connectivity index (χ2n) is 5.08. The lowest BCUT2D eigenvalue weighted by atomic mass is 10.1. The zero-order chi connectivity index (χ0) is 13.0. The highest BCUT2D eigenvalue weighted by atomic mass is 16.5. The third-order valence-corrected chi connectivity index (χ3v) is 2.71. The number of aliphatic hydroxyl groups is 1. The van der Waals surface area contributed by atoms with Crippen LogP contribution in [0.3, 0.4) is 0 Å². The number of aryl methyl sites for hydroxylation is 2. The van der Waals surface area contributed by atoms with Crippen LogP contribution < -0.4 is 4.74 Å². The van der Waals surface area contributed by atoms with Gasteiger partial charge in [0.1, 0.15) is 0 Å². The quantitative estimate of drug-likeness (QED) is 0.856. The van der Waals surface area contributed by atoms with Crippen LogP contribution in [0.5, 0.6) is 5.88 Å². The first-order valence-corrected chi connectivity index (χ1v) is 6.18. The fourth-order valence-electron chi connectivity index (χ4n) is 2.02. The van der Waals surface area contributed by atoms with Crippen LogP contribution in [0.2, 0.25) is 0 Å². The van der Waals surface area contributed by atoms with Crippen molar-refractivity contribution in [3.63, 3.8) is 0 Å². The summed E-state index contributed by atoms with van der Waals surface area (Å²) in [5.41, 5.74) is 2.75. The Morgan fingerprint density at radius 2 is 1.94 bits per heavy atom. The molecule has 0 saturated carbocycles. The summed E-state index contributed by atoms with van der Waals surface area (Å²) >= 11 is 0. The molecule has 3 nitrogen and oxygen atoms in total. The number of rotatable bonds is 5. The van der Waals surface area contributed by atoms with E-state index in [0.717, 1.165) is 23.2 Å². The van der Waals surface area contributed by atoms with Gasteiger partial charge in [-0.1, -0.05) is 13.8 Å². The Morgan fingerprint density at radius 3 is 2.47 bits per heavy atom. The molecule has 0 bridgehead atoms. The molecule has 1 unspecified atom stereocenters. The predicted molar refractivity (Wildman–Crippen MR) is 69.2 cm³/mol. The Bertz CT molecular complexity index is 375. The van der Waals surface area contributed by atoms with Crippen molar-refractivity contribution in [1.29, 1.82) is 0 Å². The molecule has 96 valence electrons. The van der Waals surface area contributed by atoms with Gasteiger partial charge < -0.3 is 9.84 Å². The Hall–Kier alpha value is -1.09. The van der Waals surface area contributed by atoms with Crippen LogP contribution in [-0.2, 0) is 6.61 Å². The smallest absolute Gasteiger partial charge is 0.219 e. The summed E-state index contributed by atoms with van der Waals surface area (Å²) in [6.45, 7) is 10.3.